The molecule has 2 atom stereocenters. The second-order valence-electron chi connectivity index (χ2n) is 7.11. The van der Waals surface area contributed by atoms with Crippen molar-refractivity contribution in [3.05, 3.63) is 41.5 Å². The Morgan fingerprint density at radius 1 is 1.29 bits per heavy atom. The van der Waals surface area contributed by atoms with E-state index in [2.05, 4.69) is 20.5 Å². The van der Waals surface area contributed by atoms with Gasteiger partial charge in [0.05, 0.1) is 5.69 Å². The molecule has 1 aromatic heterocycles. The van der Waals surface area contributed by atoms with Crippen molar-refractivity contribution in [3.8, 4) is 6.07 Å². The van der Waals surface area contributed by atoms with Gasteiger partial charge in [0.1, 0.15) is 17.5 Å². The molecule has 5 nitrogen and oxygen atoms in total. The summed E-state index contributed by atoms with van der Waals surface area (Å²) in [6.45, 7) is 3.48. The average Bonchev–Trinajstić information content (AvgIpc) is 3.30. The zero-order valence-electron chi connectivity index (χ0n) is 15.5. The second kappa shape index (κ2) is 7.94. The van der Waals surface area contributed by atoms with Crippen LogP contribution in [0.5, 0.6) is 0 Å². The smallest absolute Gasteiger partial charge is 0.265 e. The highest BCUT2D eigenvalue weighted by atomic mass is 32.2. The van der Waals surface area contributed by atoms with Gasteiger partial charge in [0.15, 0.2) is 5.82 Å². The van der Waals surface area contributed by atoms with E-state index < -0.39 is 6.43 Å². The second-order valence-corrected chi connectivity index (χ2v) is 7.96. The van der Waals surface area contributed by atoms with E-state index in [-0.39, 0.29) is 16.9 Å². The third-order valence-corrected chi connectivity index (χ3v) is 6.25. The summed E-state index contributed by atoms with van der Waals surface area (Å²) in [4.78, 5) is 7.62. The van der Waals surface area contributed by atoms with Crippen molar-refractivity contribution in [2.75, 3.05) is 42.7 Å². The van der Waals surface area contributed by atoms with Crippen LogP contribution < -0.4 is 15.5 Å². The number of nitrogens with zero attached hydrogens (tertiary/aromatic N) is 3. The SMILES string of the molecule is CSc1ccccc1Nc1nc(N2C[C@H]3CNC[C@H]3C2)cc(C(F)F)c1C#N. The van der Waals surface area contributed by atoms with Gasteiger partial charge in [-0.1, -0.05) is 12.1 Å². The van der Waals surface area contributed by atoms with Crippen LogP contribution in [0.25, 0.3) is 0 Å². The van der Waals surface area contributed by atoms with Gasteiger partial charge in [-0.05, 0) is 36.3 Å². The molecule has 4 rings (SSSR count). The first-order valence-corrected chi connectivity index (χ1v) is 10.4. The summed E-state index contributed by atoms with van der Waals surface area (Å²) in [5.41, 5.74) is 0.376. The molecule has 2 fully saturated rings. The first-order chi connectivity index (χ1) is 13.6. The normalized spacial score (nSPS) is 21.0. The molecular formula is C20H21F2N5S. The molecule has 2 aromatic rings. The van der Waals surface area contributed by atoms with Crippen LogP contribution in [-0.2, 0) is 0 Å². The number of anilines is 3. The Hall–Kier alpha value is -2.37. The number of benzene rings is 1. The van der Waals surface area contributed by atoms with Gasteiger partial charge >= 0.3 is 0 Å². The van der Waals surface area contributed by atoms with Crippen LogP contribution in [-0.4, -0.2) is 37.4 Å². The van der Waals surface area contributed by atoms with Crippen molar-refractivity contribution in [2.45, 2.75) is 11.3 Å². The van der Waals surface area contributed by atoms with Crippen molar-refractivity contribution in [1.29, 1.82) is 5.26 Å². The van der Waals surface area contributed by atoms with E-state index in [1.54, 1.807) is 11.8 Å². The molecule has 0 unspecified atom stereocenters. The highest BCUT2D eigenvalue weighted by molar-refractivity contribution is 7.98. The Bertz CT molecular complexity index is 902. The van der Waals surface area contributed by atoms with Crippen LogP contribution in [0, 0.1) is 23.2 Å². The summed E-state index contributed by atoms with van der Waals surface area (Å²) in [5, 5.41) is 16.1. The van der Waals surface area contributed by atoms with Crippen molar-refractivity contribution in [3.63, 3.8) is 0 Å². The lowest BCUT2D eigenvalue weighted by Gasteiger charge is -2.22. The fraction of sp³-hybridized carbons (Fsp3) is 0.400. The molecule has 2 N–H and O–H groups in total. The summed E-state index contributed by atoms with van der Waals surface area (Å²) in [5.74, 6) is 1.72. The molecule has 0 spiro atoms. The average molecular weight is 401 g/mol. The molecule has 0 saturated carbocycles. The van der Waals surface area contributed by atoms with E-state index in [1.165, 1.54) is 6.07 Å². The van der Waals surface area contributed by atoms with Gasteiger partial charge in [0, 0.05) is 36.6 Å². The monoisotopic (exact) mass is 401 g/mol. The third-order valence-electron chi connectivity index (χ3n) is 5.46. The predicted octanol–water partition coefficient (Wildman–Crippen LogP) is 4.01. The number of hydrogen-bond acceptors (Lipinski definition) is 6. The van der Waals surface area contributed by atoms with Crippen LogP contribution in [0.3, 0.4) is 0 Å². The molecule has 8 heteroatoms. The van der Waals surface area contributed by atoms with Gasteiger partial charge in [-0.25, -0.2) is 13.8 Å². The first kappa shape index (κ1) is 19.0. The maximum absolute atomic E-state index is 13.7. The minimum Gasteiger partial charge on any atom is -0.356 e. The van der Waals surface area contributed by atoms with Crippen molar-refractivity contribution in [1.82, 2.24) is 10.3 Å². The van der Waals surface area contributed by atoms with E-state index in [0.717, 1.165) is 36.8 Å². The number of pyridine rings is 1. The van der Waals surface area contributed by atoms with E-state index in [1.807, 2.05) is 36.6 Å². The summed E-state index contributed by atoms with van der Waals surface area (Å²) in [7, 11) is 0. The number of hydrogen-bond donors (Lipinski definition) is 2. The minimum atomic E-state index is -2.74. The van der Waals surface area contributed by atoms with Gasteiger partial charge < -0.3 is 15.5 Å². The Morgan fingerprint density at radius 3 is 2.64 bits per heavy atom. The molecular weight excluding hydrogens is 380 g/mol. The summed E-state index contributed by atoms with van der Waals surface area (Å²) >= 11 is 1.54. The molecule has 2 aliphatic rings. The van der Waals surface area contributed by atoms with Crippen LogP contribution in [0.15, 0.2) is 35.2 Å². The maximum atomic E-state index is 13.7. The van der Waals surface area contributed by atoms with Crippen LogP contribution in [0.2, 0.25) is 0 Å². The summed E-state index contributed by atoms with van der Waals surface area (Å²) < 4.78 is 27.5. The van der Waals surface area contributed by atoms with E-state index >= 15 is 0 Å². The number of aromatic nitrogens is 1. The minimum absolute atomic E-state index is 0.101. The van der Waals surface area contributed by atoms with Crippen molar-refractivity contribution in [2.24, 2.45) is 11.8 Å². The van der Waals surface area contributed by atoms with Gasteiger partial charge in [-0.3, -0.25) is 0 Å². The lowest BCUT2D eigenvalue weighted by Crippen LogP contribution is -2.26. The van der Waals surface area contributed by atoms with Gasteiger partial charge in [-0.15, -0.1) is 11.8 Å². The predicted molar refractivity (Wildman–Crippen MR) is 107 cm³/mol. The number of halogens is 2. The van der Waals surface area contributed by atoms with Gasteiger partial charge in [0.2, 0.25) is 0 Å². The molecule has 0 bridgehead atoms. The largest absolute Gasteiger partial charge is 0.356 e. The molecule has 0 aliphatic carbocycles. The Kier molecular flexibility index (Phi) is 5.38. The van der Waals surface area contributed by atoms with E-state index in [9.17, 15) is 14.0 Å². The number of nitriles is 1. The Morgan fingerprint density at radius 2 is 2.00 bits per heavy atom. The fourth-order valence-electron chi connectivity index (χ4n) is 4.01. The zero-order valence-corrected chi connectivity index (χ0v) is 16.3. The maximum Gasteiger partial charge on any atom is 0.265 e. The lowest BCUT2D eigenvalue weighted by atomic mass is 10.0. The molecule has 3 heterocycles. The standard InChI is InChI=1S/C20H21F2N5S/c1-28-17-5-3-2-4-16(17)25-20-15(7-23)14(19(21)22)6-18(26-20)27-10-12-8-24-9-13(12)11-27/h2-6,12-13,19,24H,8-11H2,1H3,(H,25,26)/t12-,13+. The number of rotatable bonds is 5. The Labute approximate surface area is 167 Å². The van der Waals surface area contributed by atoms with Gasteiger partial charge in [0.25, 0.3) is 6.43 Å². The first-order valence-electron chi connectivity index (χ1n) is 9.19. The fourth-order valence-corrected chi connectivity index (χ4v) is 4.56. The van der Waals surface area contributed by atoms with Gasteiger partial charge in [-0.2, -0.15) is 5.26 Å². The molecule has 146 valence electrons. The number of nitrogens with one attached hydrogen (secondary N) is 2. The van der Waals surface area contributed by atoms with Crippen molar-refractivity contribution >= 4 is 29.1 Å². The number of alkyl halides is 2. The molecule has 1 aromatic carbocycles. The third kappa shape index (κ3) is 3.52. The Balaban J connectivity index is 1.74. The van der Waals surface area contributed by atoms with Crippen LogP contribution in [0.1, 0.15) is 17.6 Å². The molecule has 0 radical (unpaired) electrons. The highest BCUT2D eigenvalue weighted by Gasteiger charge is 2.37. The molecule has 0 amide bonds. The van der Waals surface area contributed by atoms with Crippen molar-refractivity contribution < 1.29 is 8.78 Å². The quantitative estimate of drug-likeness (QED) is 0.738. The highest BCUT2D eigenvalue weighted by Crippen LogP contribution is 2.36. The van der Waals surface area contributed by atoms with Crippen LogP contribution in [0.4, 0.5) is 26.1 Å². The number of para-hydroxylation sites is 1. The topological polar surface area (TPSA) is 64.0 Å². The molecule has 28 heavy (non-hydrogen) atoms. The van der Waals surface area contributed by atoms with E-state index in [4.69, 9.17) is 0 Å². The number of fused-ring (bicyclic) bond motifs is 1. The molecule has 2 saturated heterocycles. The number of thioether (sulfide) groups is 1. The molecule has 2 aliphatic heterocycles. The zero-order chi connectivity index (χ0) is 19.7. The lowest BCUT2D eigenvalue weighted by molar-refractivity contribution is 0.151. The summed E-state index contributed by atoms with van der Waals surface area (Å²) in [6.07, 6.45) is -0.798. The van der Waals surface area contributed by atoms with E-state index in [0.29, 0.717) is 17.7 Å². The van der Waals surface area contributed by atoms with Crippen LogP contribution >= 0.6 is 11.8 Å². The summed E-state index contributed by atoms with van der Waals surface area (Å²) in [6, 6.07) is 10.9.